The van der Waals surface area contributed by atoms with Crippen LogP contribution < -0.4 is 0 Å². The number of aromatic nitrogens is 3. The zero-order valence-electron chi connectivity index (χ0n) is 11.3. The Hall–Kier alpha value is -1.56. The number of carbonyl (C=O) groups is 1. The van der Waals surface area contributed by atoms with Crippen molar-refractivity contribution in [3.05, 3.63) is 23.8 Å². The Morgan fingerprint density at radius 2 is 2.20 bits per heavy atom. The first-order valence-corrected chi connectivity index (χ1v) is 8.11. The van der Waals surface area contributed by atoms with Crippen LogP contribution >= 0.6 is 11.8 Å². The molecule has 1 aromatic carbocycles. The van der Waals surface area contributed by atoms with E-state index in [9.17, 15) is 9.90 Å². The van der Waals surface area contributed by atoms with Crippen molar-refractivity contribution in [1.82, 2.24) is 15.0 Å². The van der Waals surface area contributed by atoms with Gasteiger partial charge in [0.1, 0.15) is 11.0 Å². The summed E-state index contributed by atoms with van der Waals surface area (Å²) in [6.07, 6.45) is 6.71. The Bertz CT molecular complexity index is 640. The van der Waals surface area contributed by atoms with E-state index in [0.29, 0.717) is 16.3 Å². The molecule has 1 saturated carbocycles. The SMILES string of the molecule is CSC1CCCCC1n1nnc2cccc(C(=O)O)c21. The number of benzene rings is 1. The number of rotatable bonds is 3. The minimum Gasteiger partial charge on any atom is -0.478 e. The lowest BCUT2D eigenvalue weighted by Gasteiger charge is -2.30. The van der Waals surface area contributed by atoms with Gasteiger partial charge in [0.05, 0.1) is 11.6 Å². The number of carboxylic acids is 1. The molecule has 2 unspecified atom stereocenters. The van der Waals surface area contributed by atoms with Gasteiger partial charge >= 0.3 is 5.97 Å². The molecule has 5 nitrogen and oxygen atoms in total. The van der Waals surface area contributed by atoms with Crippen LogP contribution in [-0.2, 0) is 0 Å². The zero-order valence-corrected chi connectivity index (χ0v) is 12.1. The van der Waals surface area contributed by atoms with Gasteiger partial charge in [-0.3, -0.25) is 0 Å². The number of hydrogen-bond donors (Lipinski definition) is 1. The average Bonchev–Trinajstić information content (AvgIpc) is 2.90. The van der Waals surface area contributed by atoms with Gasteiger partial charge in [0, 0.05) is 5.25 Å². The minimum absolute atomic E-state index is 0.240. The topological polar surface area (TPSA) is 68.0 Å². The van der Waals surface area contributed by atoms with E-state index >= 15 is 0 Å². The van der Waals surface area contributed by atoms with Gasteiger partial charge < -0.3 is 5.11 Å². The Balaban J connectivity index is 2.13. The lowest BCUT2D eigenvalue weighted by Crippen LogP contribution is -2.26. The standard InChI is InChI=1S/C14H17N3O2S/c1-20-12-8-3-2-7-11(12)17-13-9(14(18)19)5-4-6-10(13)15-16-17/h4-6,11-12H,2-3,7-8H2,1H3,(H,18,19). The lowest BCUT2D eigenvalue weighted by atomic mass is 9.94. The summed E-state index contributed by atoms with van der Waals surface area (Å²) in [4.78, 5) is 11.4. The van der Waals surface area contributed by atoms with E-state index < -0.39 is 5.97 Å². The van der Waals surface area contributed by atoms with Gasteiger partial charge in [-0.15, -0.1) is 5.10 Å². The molecule has 0 amide bonds. The van der Waals surface area contributed by atoms with Gasteiger partial charge in [0.25, 0.3) is 0 Å². The molecule has 0 saturated heterocycles. The second-order valence-corrected chi connectivity index (χ2v) is 6.22. The summed E-state index contributed by atoms with van der Waals surface area (Å²) in [6, 6.07) is 5.41. The summed E-state index contributed by atoms with van der Waals surface area (Å²) in [5, 5.41) is 18.3. The Morgan fingerprint density at radius 3 is 2.95 bits per heavy atom. The van der Waals surface area contributed by atoms with Crippen molar-refractivity contribution in [1.29, 1.82) is 0 Å². The van der Waals surface area contributed by atoms with E-state index in [2.05, 4.69) is 16.6 Å². The number of nitrogens with zero attached hydrogens (tertiary/aromatic N) is 3. The van der Waals surface area contributed by atoms with Crippen molar-refractivity contribution in [3.8, 4) is 0 Å². The molecule has 1 aliphatic carbocycles. The van der Waals surface area contributed by atoms with Crippen molar-refractivity contribution >= 4 is 28.8 Å². The minimum atomic E-state index is -0.921. The number of hydrogen-bond acceptors (Lipinski definition) is 4. The van der Waals surface area contributed by atoms with Crippen LogP contribution in [0.15, 0.2) is 18.2 Å². The summed E-state index contributed by atoms with van der Waals surface area (Å²) < 4.78 is 1.85. The van der Waals surface area contributed by atoms with Crippen LogP contribution in [0.5, 0.6) is 0 Å². The number of aromatic carboxylic acids is 1. The molecule has 2 aromatic rings. The summed E-state index contributed by atoms with van der Waals surface area (Å²) in [5.74, 6) is -0.921. The van der Waals surface area contributed by atoms with Crippen LogP contribution in [0.1, 0.15) is 42.1 Å². The highest BCUT2D eigenvalue weighted by Gasteiger charge is 2.29. The monoisotopic (exact) mass is 291 g/mol. The molecule has 0 bridgehead atoms. The van der Waals surface area contributed by atoms with Crippen molar-refractivity contribution in [3.63, 3.8) is 0 Å². The largest absolute Gasteiger partial charge is 0.478 e. The maximum Gasteiger partial charge on any atom is 0.337 e. The average molecular weight is 291 g/mol. The maximum atomic E-state index is 11.4. The normalized spacial score (nSPS) is 23.1. The molecule has 2 atom stereocenters. The third-order valence-corrected chi connectivity index (χ3v) is 5.16. The molecular formula is C14H17N3O2S. The molecule has 1 N–H and O–H groups in total. The predicted molar refractivity (Wildman–Crippen MR) is 79.3 cm³/mol. The first-order chi connectivity index (χ1) is 9.72. The molecule has 1 aromatic heterocycles. The van der Waals surface area contributed by atoms with E-state index in [0.717, 1.165) is 19.3 Å². The summed E-state index contributed by atoms with van der Waals surface area (Å²) >= 11 is 1.84. The summed E-state index contributed by atoms with van der Waals surface area (Å²) in [7, 11) is 0. The van der Waals surface area contributed by atoms with E-state index in [1.807, 2.05) is 22.5 Å². The van der Waals surface area contributed by atoms with E-state index in [1.165, 1.54) is 6.42 Å². The van der Waals surface area contributed by atoms with Gasteiger partial charge in [0.2, 0.25) is 0 Å². The first-order valence-electron chi connectivity index (χ1n) is 6.82. The Labute approximate surface area is 121 Å². The molecule has 6 heteroatoms. The molecule has 0 spiro atoms. The molecule has 0 aliphatic heterocycles. The van der Waals surface area contributed by atoms with E-state index in [4.69, 9.17) is 0 Å². The number of fused-ring (bicyclic) bond motifs is 1. The molecular weight excluding hydrogens is 274 g/mol. The van der Waals surface area contributed by atoms with Gasteiger partial charge in [0.15, 0.2) is 0 Å². The van der Waals surface area contributed by atoms with Crippen molar-refractivity contribution in [2.45, 2.75) is 37.0 Å². The van der Waals surface area contributed by atoms with Crippen LogP contribution in [0.2, 0.25) is 0 Å². The van der Waals surface area contributed by atoms with Gasteiger partial charge in [-0.25, -0.2) is 9.48 Å². The highest BCUT2D eigenvalue weighted by Crippen LogP contribution is 2.37. The Kier molecular flexibility index (Phi) is 3.65. The summed E-state index contributed by atoms with van der Waals surface area (Å²) in [5.41, 5.74) is 1.61. The quantitative estimate of drug-likeness (QED) is 0.941. The number of carboxylic acid groups (broad SMARTS) is 1. The summed E-state index contributed by atoms with van der Waals surface area (Å²) in [6.45, 7) is 0. The molecule has 3 rings (SSSR count). The van der Waals surface area contributed by atoms with Gasteiger partial charge in [-0.05, 0) is 31.2 Å². The maximum absolute atomic E-state index is 11.4. The lowest BCUT2D eigenvalue weighted by molar-refractivity contribution is 0.0698. The third kappa shape index (κ3) is 2.18. The zero-order chi connectivity index (χ0) is 14.1. The van der Waals surface area contributed by atoms with Crippen LogP contribution in [-0.4, -0.2) is 37.6 Å². The fourth-order valence-electron chi connectivity index (χ4n) is 3.03. The van der Waals surface area contributed by atoms with Crippen LogP contribution in [0.4, 0.5) is 0 Å². The molecule has 1 heterocycles. The van der Waals surface area contributed by atoms with Crippen molar-refractivity contribution in [2.75, 3.05) is 6.26 Å². The molecule has 0 radical (unpaired) electrons. The van der Waals surface area contributed by atoms with Crippen molar-refractivity contribution in [2.24, 2.45) is 0 Å². The van der Waals surface area contributed by atoms with Crippen LogP contribution in [0.3, 0.4) is 0 Å². The smallest absolute Gasteiger partial charge is 0.337 e. The first kappa shape index (κ1) is 13.4. The number of thioether (sulfide) groups is 1. The number of para-hydroxylation sites is 1. The van der Waals surface area contributed by atoms with E-state index in [1.54, 1.807) is 12.1 Å². The molecule has 106 valence electrons. The predicted octanol–water partition coefficient (Wildman–Crippen LogP) is 2.98. The second kappa shape index (κ2) is 5.44. The molecule has 1 fully saturated rings. The van der Waals surface area contributed by atoms with Crippen molar-refractivity contribution < 1.29 is 9.90 Å². The third-order valence-electron chi connectivity index (χ3n) is 4.01. The molecule has 1 aliphatic rings. The van der Waals surface area contributed by atoms with Gasteiger partial charge in [-0.2, -0.15) is 11.8 Å². The highest BCUT2D eigenvalue weighted by molar-refractivity contribution is 7.99. The Morgan fingerprint density at radius 1 is 1.40 bits per heavy atom. The second-order valence-electron chi connectivity index (χ2n) is 5.14. The fraction of sp³-hybridized carbons (Fsp3) is 0.500. The van der Waals surface area contributed by atoms with Crippen LogP contribution in [0.25, 0.3) is 11.0 Å². The molecule has 20 heavy (non-hydrogen) atoms. The van der Waals surface area contributed by atoms with Crippen LogP contribution in [0, 0.1) is 0 Å². The fourth-order valence-corrected chi connectivity index (χ4v) is 4.00. The van der Waals surface area contributed by atoms with Gasteiger partial charge in [-0.1, -0.05) is 24.1 Å². The van der Waals surface area contributed by atoms with E-state index in [-0.39, 0.29) is 11.6 Å². The highest BCUT2D eigenvalue weighted by atomic mass is 32.2.